The SMILES string of the molecule is CCCCCCCC/C=C/C/C=C/CCCCC(=O)O[C@H](COC(=O)CCCCCCCCCCCCCCCCCCCCC)COP(=O)(O)OC[C@@H](O)CO. The number of phosphoric ester groups is 1. The maximum absolute atomic E-state index is 12.6. The molecule has 0 aliphatic rings. The molecule has 10 nitrogen and oxygen atoms in total. The van der Waals surface area contributed by atoms with Gasteiger partial charge in [0.1, 0.15) is 12.7 Å². The van der Waals surface area contributed by atoms with E-state index in [9.17, 15) is 24.2 Å². The number of hydrogen-bond donors (Lipinski definition) is 3. The van der Waals surface area contributed by atoms with Gasteiger partial charge in [0.2, 0.25) is 0 Å². The van der Waals surface area contributed by atoms with Crippen molar-refractivity contribution in [3.63, 3.8) is 0 Å². The molecule has 1 unspecified atom stereocenters. The molecule has 0 saturated carbocycles. The number of rotatable bonds is 44. The van der Waals surface area contributed by atoms with E-state index in [2.05, 4.69) is 38.2 Å². The lowest BCUT2D eigenvalue weighted by atomic mass is 10.0. The highest BCUT2D eigenvalue weighted by molar-refractivity contribution is 7.47. The minimum atomic E-state index is -4.62. The van der Waals surface area contributed by atoms with E-state index in [1.165, 1.54) is 135 Å². The van der Waals surface area contributed by atoms with Crippen LogP contribution in [0.5, 0.6) is 0 Å². The minimum absolute atomic E-state index is 0.145. The lowest BCUT2D eigenvalue weighted by molar-refractivity contribution is -0.161. The number of carbonyl (C=O) groups excluding carboxylic acids is 2. The number of allylic oxidation sites excluding steroid dienone is 4. The molecule has 0 heterocycles. The van der Waals surface area contributed by atoms with Crippen LogP contribution in [0.2, 0.25) is 0 Å². The first-order valence-corrected chi connectivity index (χ1v) is 24.8. The van der Waals surface area contributed by atoms with Crippen LogP contribution in [-0.4, -0.2) is 65.7 Å². The van der Waals surface area contributed by atoms with E-state index in [1.54, 1.807) is 0 Å². The molecule has 11 heteroatoms. The molecule has 0 fully saturated rings. The zero-order chi connectivity index (χ0) is 41.9. The molecule has 0 aromatic heterocycles. The molecule has 0 saturated heterocycles. The summed E-state index contributed by atoms with van der Waals surface area (Å²) in [4.78, 5) is 35.0. The van der Waals surface area contributed by atoms with Gasteiger partial charge in [-0.15, -0.1) is 0 Å². The van der Waals surface area contributed by atoms with Crippen LogP contribution in [0, 0.1) is 0 Å². The predicted octanol–water partition coefficient (Wildman–Crippen LogP) is 12.6. The number of carbonyl (C=O) groups is 2. The van der Waals surface area contributed by atoms with Gasteiger partial charge in [-0.3, -0.25) is 18.6 Å². The first-order chi connectivity index (χ1) is 27.7. The van der Waals surface area contributed by atoms with Gasteiger partial charge in [-0.25, -0.2) is 4.57 Å². The number of unbranched alkanes of at least 4 members (excludes halogenated alkanes) is 26. The molecular weight excluding hydrogens is 743 g/mol. The molecule has 0 rings (SSSR count). The predicted molar refractivity (Wildman–Crippen MR) is 233 cm³/mol. The fraction of sp³-hybridized carbons (Fsp3) is 0.870. The first kappa shape index (κ1) is 55.5. The third-order valence-electron chi connectivity index (χ3n) is 10.1. The zero-order valence-electron chi connectivity index (χ0n) is 36.6. The Morgan fingerprint density at radius 3 is 1.39 bits per heavy atom. The Hall–Kier alpha value is -1.55. The highest BCUT2D eigenvalue weighted by Gasteiger charge is 2.27. The Morgan fingerprint density at radius 2 is 0.912 bits per heavy atom. The van der Waals surface area contributed by atoms with Crippen LogP contribution in [0.3, 0.4) is 0 Å². The highest BCUT2D eigenvalue weighted by Crippen LogP contribution is 2.43. The van der Waals surface area contributed by atoms with Gasteiger partial charge < -0.3 is 24.6 Å². The van der Waals surface area contributed by atoms with Crippen molar-refractivity contribution in [3.8, 4) is 0 Å². The van der Waals surface area contributed by atoms with Crippen LogP contribution < -0.4 is 0 Å². The van der Waals surface area contributed by atoms with Crippen molar-refractivity contribution < 1.29 is 47.8 Å². The summed E-state index contributed by atoms with van der Waals surface area (Å²) in [5.41, 5.74) is 0. The molecule has 0 spiro atoms. The quantitative estimate of drug-likeness (QED) is 0.0234. The van der Waals surface area contributed by atoms with Crippen LogP contribution >= 0.6 is 7.82 Å². The van der Waals surface area contributed by atoms with Crippen LogP contribution in [0.4, 0.5) is 0 Å². The minimum Gasteiger partial charge on any atom is -0.462 e. The van der Waals surface area contributed by atoms with Gasteiger partial charge in [-0.1, -0.05) is 186 Å². The number of aliphatic hydroxyl groups is 2. The number of aliphatic hydroxyl groups excluding tert-OH is 2. The van der Waals surface area contributed by atoms with E-state index >= 15 is 0 Å². The van der Waals surface area contributed by atoms with Crippen molar-refractivity contribution in [1.82, 2.24) is 0 Å². The van der Waals surface area contributed by atoms with E-state index in [0.29, 0.717) is 12.8 Å². The summed E-state index contributed by atoms with van der Waals surface area (Å²) in [6.07, 6.45) is 42.9. The van der Waals surface area contributed by atoms with Gasteiger partial charge >= 0.3 is 19.8 Å². The molecule has 57 heavy (non-hydrogen) atoms. The monoisotopic (exact) mass is 831 g/mol. The summed E-state index contributed by atoms with van der Waals surface area (Å²) < 4.78 is 32.7. The van der Waals surface area contributed by atoms with Crippen LogP contribution in [0.25, 0.3) is 0 Å². The molecule has 0 amide bonds. The second kappa shape index (κ2) is 42.6. The zero-order valence-corrected chi connectivity index (χ0v) is 37.5. The Kier molecular flexibility index (Phi) is 41.4. The second-order valence-corrected chi connectivity index (χ2v) is 17.2. The Balaban J connectivity index is 4.24. The Morgan fingerprint density at radius 1 is 0.526 bits per heavy atom. The fourth-order valence-corrected chi connectivity index (χ4v) is 7.28. The topological polar surface area (TPSA) is 149 Å². The normalized spacial score (nSPS) is 14.0. The molecule has 0 aromatic rings. The van der Waals surface area contributed by atoms with E-state index < -0.39 is 51.8 Å². The lowest BCUT2D eigenvalue weighted by Gasteiger charge is -2.20. The summed E-state index contributed by atoms with van der Waals surface area (Å²) in [5.74, 6) is -0.953. The summed E-state index contributed by atoms with van der Waals surface area (Å²) >= 11 is 0. The fourth-order valence-electron chi connectivity index (χ4n) is 6.50. The maximum Gasteiger partial charge on any atom is 0.472 e. The van der Waals surface area contributed by atoms with E-state index in [0.717, 1.165) is 44.9 Å². The number of ether oxygens (including phenoxy) is 2. The number of phosphoric acid groups is 1. The molecule has 336 valence electrons. The lowest BCUT2D eigenvalue weighted by Crippen LogP contribution is -2.29. The molecular formula is C46H87O10P. The Labute approximate surface area is 348 Å². The molecule has 0 radical (unpaired) electrons. The Bertz CT molecular complexity index is 1000. The molecule has 0 bridgehead atoms. The largest absolute Gasteiger partial charge is 0.472 e. The molecule has 0 aliphatic heterocycles. The van der Waals surface area contributed by atoms with E-state index in [-0.39, 0.29) is 19.4 Å². The van der Waals surface area contributed by atoms with Crippen molar-refractivity contribution in [3.05, 3.63) is 24.3 Å². The van der Waals surface area contributed by atoms with Crippen molar-refractivity contribution >= 4 is 19.8 Å². The van der Waals surface area contributed by atoms with Crippen molar-refractivity contribution in [1.29, 1.82) is 0 Å². The second-order valence-electron chi connectivity index (χ2n) is 15.8. The van der Waals surface area contributed by atoms with Gasteiger partial charge in [0.05, 0.1) is 19.8 Å². The first-order valence-electron chi connectivity index (χ1n) is 23.3. The third-order valence-corrected chi connectivity index (χ3v) is 11.1. The van der Waals surface area contributed by atoms with Gasteiger partial charge in [-0.2, -0.15) is 0 Å². The van der Waals surface area contributed by atoms with E-state index in [1.807, 2.05) is 0 Å². The summed E-state index contributed by atoms with van der Waals surface area (Å²) in [7, 11) is -4.62. The van der Waals surface area contributed by atoms with Crippen molar-refractivity contribution in [2.45, 2.75) is 232 Å². The van der Waals surface area contributed by atoms with Gasteiger partial charge in [-0.05, 0) is 44.9 Å². The molecule has 3 N–H and O–H groups in total. The van der Waals surface area contributed by atoms with Crippen LogP contribution in [0.15, 0.2) is 24.3 Å². The summed E-state index contributed by atoms with van der Waals surface area (Å²) in [6.45, 7) is 2.37. The third kappa shape index (κ3) is 42.4. The van der Waals surface area contributed by atoms with Crippen molar-refractivity contribution in [2.75, 3.05) is 26.4 Å². The van der Waals surface area contributed by atoms with Gasteiger partial charge in [0, 0.05) is 12.8 Å². The smallest absolute Gasteiger partial charge is 0.462 e. The highest BCUT2D eigenvalue weighted by atomic mass is 31.2. The average Bonchev–Trinajstić information content (AvgIpc) is 3.20. The van der Waals surface area contributed by atoms with E-state index in [4.69, 9.17) is 23.6 Å². The summed E-state index contributed by atoms with van der Waals surface area (Å²) in [6, 6.07) is 0. The number of hydrogen-bond acceptors (Lipinski definition) is 9. The van der Waals surface area contributed by atoms with Crippen molar-refractivity contribution in [2.24, 2.45) is 0 Å². The average molecular weight is 831 g/mol. The maximum atomic E-state index is 12.6. The van der Waals surface area contributed by atoms with Gasteiger partial charge in [0.15, 0.2) is 6.10 Å². The standard InChI is InChI=1S/C46H87O10P/c1-3-5-7-9-11-13-15-17-19-20-21-22-24-25-27-29-31-33-35-37-45(49)53-41-44(42-55-57(51,52)54-40-43(48)39-47)56-46(50)38-36-34-32-30-28-26-23-18-16-14-12-10-8-6-4-2/h18,23,28,30,43-44,47-48H,3-17,19-22,24-27,29,31-42H2,1-2H3,(H,51,52)/b23-18+,30-28+/t43-,44+/m0/s1. The summed E-state index contributed by atoms with van der Waals surface area (Å²) in [5, 5.41) is 18.3. The molecule has 3 atom stereocenters. The van der Waals surface area contributed by atoms with Crippen LogP contribution in [-0.2, 0) is 32.7 Å². The molecule has 0 aliphatic carbocycles. The van der Waals surface area contributed by atoms with Gasteiger partial charge in [0.25, 0.3) is 0 Å². The molecule has 0 aromatic carbocycles. The number of esters is 2. The van der Waals surface area contributed by atoms with Crippen LogP contribution in [0.1, 0.15) is 219 Å².